The Labute approximate surface area is 366 Å². The highest BCUT2D eigenvalue weighted by Crippen LogP contribution is 2.38. The van der Waals surface area contributed by atoms with Crippen LogP contribution in [0.15, 0.2) is 231 Å². The summed E-state index contributed by atoms with van der Waals surface area (Å²) >= 11 is 0. The Morgan fingerprint density at radius 3 is 0.710 bits per heavy atom. The lowest BCUT2D eigenvalue weighted by molar-refractivity contribution is 1.28. The van der Waals surface area contributed by atoms with Gasteiger partial charge < -0.3 is 9.80 Å². The Morgan fingerprint density at radius 2 is 0.435 bits per heavy atom. The van der Waals surface area contributed by atoms with Gasteiger partial charge in [0.05, 0.1) is 0 Å². The van der Waals surface area contributed by atoms with E-state index in [-0.39, 0.29) is 0 Å². The van der Waals surface area contributed by atoms with Crippen molar-refractivity contribution in [1.82, 2.24) is 0 Å². The van der Waals surface area contributed by atoms with Gasteiger partial charge in [-0.2, -0.15) is 0 Å². The number of aryl methyl sites for hydroxylation is 2. The van der Waals surface area contributed by atoms with Crippen molar-refractivity contribution in [3.8, 4) is 22.3 Å². The molecule has 0 saturated carbocycles. The van der Waals surface area contributed by atoms with E-state index in [1.54, 1.807) is 0 Å². The molecule has 62 heavy (non-hydrogen) atoms. The first-order chi connectivity index (χ1) is 30.5. The minimum atomic E-state index is 1.11. The van der Waals surface area contributed by atoms with Crippen LogP contribution in [-0.4, -0.2) is 0 Å². The largest absolute Gasteiger partial charge is 0.311 e. The molecule has 0 bridgehead atoms. The second-order valence-corrected chi connectivity index (χ2v) is 15.7. The van der Waals surface area contributed by atoms with Crippen molar-refractivity contribution in [2.45, 2.75) is 13.8 Å². The van der Waals surface area contributed by atoms with Crippen LogP contribution in [-0.2, 0) is 0 Å². The zero-order valence-corrected chi connectivity index (χ0v) is 35.1. The summed E-state index contributed by atoms with van der Waals surface area (Å²) in [6, 6.07) is 82.5. The van der Waals surface area contributed by atoms with Gasteiger partial charge in [0.15, 0.2) is 0 Å². The number of hydrogen-bond donors (Lipinski definition) is 0. The van der Waals surface area contributed by atoms with E-state index < -0.39 is 0 Å². The molecule has 0 radical (unpaired) electrons. The molecule has 0 atom stereocenters. The summed E-state index contributed by atoms with van der Waals surface area (Å²) in [4.78, 5) is 4.62. The molecule has 0 fully saturated rings. The number of benzene rings is 9. The van der Waals surface area contributed by atoms with Gasteiger partial charge in [0.25, 0.3) is 0 Å². The third kappa shape index (κ3) is 9.42. The highest BCUT2D eigenvalue weighted by atomic mass is 15.1. The molecule has 9 rings (SSSR count). The van der Waals surface area contributed by atoms with Crippen LogP contribution in [0.5, 0.6) is 0 Å². The van der Waals surface area contributed by atoms with Crippen LogP contribution in [0.4, 0.5) is 34.1 Å². The predicted molar refractivity (Wildman–Crippen MR) is 267 cm³/mol. The summed E-state index contributed by atoms with van der Waals surface area (Å²) in [6.45, 7) is 4.23. The molecule has 0 unspecified atom stereocenters. The van der Waals surface area contributed by atoms with E-state index in [2.05, 4.69) is 278 Å². The standard InChI is InChI=1S/C60H48N2/c1-45-13-17-47(18-14-45)21-23-49-25-37-57(38-26-49)61(55-9-5-3-6-10-55)59-41-33-53(34-42-59)51-29-31-52(32-30-51)54-35-43-60(44-36-54)62(56-11-7-4-8-12-56)58-39-27-50(28-40-58)24-22-48-19-15-46(2)16-20-48/h3-44H,1-2H3/b23-21+,24-22+. The van der Waals surface area contributed by atoms with Gasteiger partial charge in [-0.15, -0.1) is 0 Å². The van der Waals surface area contributed by atoms with Crippen molar-refractivity contribution < 1.29 is 0 Å². The number of nitrogens with zero attached hydrogens (tertiary/aromatic N) is 2. The minimum absolute atomic E-state index is 1.11. The molecule has 9 aromatic rings. The number of rotatable bonds is 12. The summed E-state index contributed by atoms with van der Waals surface area (Å²) in [6.07, 6.45) is 8.67. The van der Waals surface area contributed by atoms with Crippen molar-refractivity contribution in [1.29, 1.82) is 0 Å². The maximum Gasteiger partial charge on any atom is 0.0462 e. The summed E-state index contributed by atoms with van der Waals surface area (Å²) in [7, 11) is 0. The average molecular weight is 797 g/mol. The molecular formula is C60H48N2. The SMILES string of the molecule is Cc1ccc(/C=C/c2ccc(N(c3ccccc3)c3ccc(-c4ccc(-c5ccc(N(c6ccccc6)c6ccc(/C=C/c7ccc(C)cc7)cc6)cc5)cc4)cc3)cc2)cc1. The average Bonchev–Trinajstić information content (AvgIpc) is 3.33. The smallest absolute Gasteiger partial charge is 0.0462 e. The molecule has 0 spiro atoms. The van der Waals surface area contributed by atoms with E-state index in [0.717, 1.165) is 45.3 Å². The van der Waals surface area contributed by atoms with E-state index >= 15 is 0 Å². The maximum atomic E-state index is 2.31. The molecule has 0 amide bonds. The van der Waals surface area contributed by atoms with E-state index in [9.17, 15) is 0 Å². The molecule has 298 valence electrons. The van der Waals surface area contributed by atoms with E-state index in [1.807, 2.05) is 0 Å². The van der Waals surface area contributed by atoms with Gasteiger partial charge in [0, 0.05) is 34.1 Å². The molecule has 0 aliphatic carbocycles. The monoisotopic (exact) mass is 796 g/mol. The number of hydrogen-bond acceptors (Lipinski definition) is 2. The lowest BCUT2D eigenvalue weighted by Crippen LogP contribution is -2.09. The molecule has 2 heteroatoms. The van der Waals surface area contributed by atoms with E-state index in [1.165, 1.54) is 44.5 Å². The molecule has 0 aliphatic heterocycles. The van der Waals surface area contributed by atoms with Gasteiger partial charge in [-0.05, 0) is 131 Å². The fourth-order valence-electron chi connectivity index (χ4n) is 7.72. The molecule has 0 N–H and O–H groups in total. The predicted octanol–water partition coefficient (Wildman–Crippen LogP) is 16.9. The highest BCUT2D eigenvalue weighted by Gasteiger charge is 2.14. The Morgan fingerprint density at radius 1 is 0.226 bits per heavy atom. The van der Waals surface area contributed by atoms with E-state index in [4.69, 9.17) is 0 Å². The van der Waals surface area contributed by atoms with Crippen LogP contribution in [0.3, 0.4) is 0 Å². The lowest BCUT2D eigenvalue weighted by Gasteiger charge is -2.26. The van der Waals surface area contributed by atoms with Gasteiger partial charge in [0.1, 0.15) is 0 Å². The van der Waals surface area contributed by atoms with Gasteiger partial charge in [-0.1, -0.05) is 193 Å². The molecule has 9 aromatic carbocycles. The second kappa shape index (κ2) is 18.5. The lowest BCUT2D eigenvalue weighted by atomic mass is 9.99. The van der Waals surface area contributed by atoms with Gasteiger partial charge in [-0.25, -0.2) is 0 Å². The molecular weight excluding hydrogens is 749 g/mol. The summed E-state index contributed by atoms with van der Waals surface area (Å²) in [5.41, 5.74) is 18.6. The fraction of sp³-hybridized carbons (Fsp3) is 0.0333. The first-order valence-corrected chi connectivity index (χ1v) is 21.2. The third-order valence-electron chi connectivity index (χ3n) is 11.2. The summed E-state index contributed by atoms with van der Waals surface area (Å²) < 4.78 is 0. The number of anilines is 6. The normalized spacial score (nSPS) is 11.3. The van der Waals surface area contributed by atoms with Crippen molar-refractivity contribution in [3.63, 3.8) is 0 Å². The van der Waals surface area contributed by atoms with Crippen molar-refractivity contribution >= 4 is 58.4 Å². The van der Waals surface area contributed by atoms with Crippen LogP contribution >= 0.6 is 0 Å². The van der Waals surface area contributed by atoms with Crippen molar-refractivity contribution in [2.75, 3.05) is 9.80 Å². The molecule has 0 saturated heterocycles. The summed E-state index contributed by atoms with van der Waals surface area (Å²) in [5.74, 6) is 0. The molecule has 2 nitrogen and oxygen atoms in total. The Kier molecular flexibility index (Phi) is 11.8. The van der Waals surface area contributed by atoms with Gasteiger partial charge in [0.2, 0.25) is 0 Å². The first kappa shape index (κ1) is 39.5. The highest BCUT2D eigenvalue weighted by molar-refractivity contribution is 5.82. The minimum Gasteiger partial charge on any atom is -0.311 e. The topological polar surface area (TPSA) is 6.48 Å². The zero-order chi connectivity index (χ0) is 42.1. The molecule has 0 heterocycles. The number of para-hydroxylation sites is 2. The second-order valence-electron chi connectivity index (χ2n) is 15.7. The van der Waals surface area contributed by atoms with Crippen LogP contribution in [0, 0.1) is 13.8 Å². The Balaban J connectivity index is 0.909. The quantitative estimate of drug-likeness (QED) is 0.114. The van der Waals surface area contributed by atoms with Gasteiger partial charge in [-0.3, -0.25) is 0 Å². The van der Waals surface area contributed by atoms with Crippen LogP contribution in [0.2, 0.25) is 0 Å². The van der Waals surface area contributed by atoms with Crippen LogP contribution in [0.1, 0.15) is 33.4 Å². The van der Waals surface area contributed by atoms with Gasteiger partial charge >= 0.3 is 0 Å². The Bertz CT molecular complexity index is 2670. The van der Waals surface area contributed by atoms with Crippen LogP contribution in [0.25, 0.3) is 46.6 Å². The van der Waals surface area contributed by atoms with E-state index in [0.29, 0.717) is 0 Å². The van der Waals surface area contributed by atoms with Crippen molar-refractivity contribution in [2.24, 2.45) is 0 Å². The van der Waals surface area contributed by atoms with Crippen molar-refractivity contribution in [3.05, 3.63) is 264 Å². The third-order valence-corrected chi connectivity index (χ3v) is 11.2. The maximum absolute atomic E-state index is 2.31. The Hall–Kier alpha value is -7.94. The zero-order valence-electron chi connectivity index (χ0n) is 35.1. The fourth-order valence-corrected chi connectivity index (χ4v) is 7.72. The molecule has 0 aromatic heterocycles. The molecule has 0 aliphatic rings. The summed E-state index contributed by atoms with van der Waals surface area (Å²) in [5, 5.41) is 0. The first-order valence-electron chi connectivity index (χ1n) is 21.2. The van der Waals surface area contributed by atoms with Crippen LogP contribution < -0.4 is 9.80 Å².